The number of hydrogen-bond donors (Lipinski definition) is 1. The van der Waals surface area contributed by atoms with Crippen molar-refractivity contribution >= 4 is 5.57 Å². The number of halogens is 3. The van der Waals surface area contributed by atoms with Gasteiger partial charge in [0.1, 0.15) is 0 Å². The van der Waals surface area contributed by atoms with Gasteiger partial charge >= 0.3 is 6.18 Å². The van der Waals surface area contributed by atoms with E-state index >= 15 is 0 Å². The van der Waals surface area contributed by atoms with Crippen molar-refractivity contribution in [2.45, 2.75) is 13.1 Å². The number of nitrogens with two attached hydrogens (primary N) is 1. The molecule has 0 atom stereocenters. The Kier molecular flexibility index (Phi) is 3.52. The zero-order valence-corrected chi connectivity index (χ0v) is 8.31. The molecule has 0 unspecified atom stereocenters. The Morgan fingerprint density at radius 3 is 2.20 bits per heavy atom. The van der Waals surface area contributed by atoms with E-state index in [4.69, 9.17) is 5.73 Å². The monoisotopic (exact) mass is 215 g/mol. The van der Waals surface area contributed by atoms with Crippen LogP contribution in [0.5, 0.6) is 0 Å². The summed E-state index contributed by atoms with van der Waals surface area (Å²) in [6, 6.07) is 5.04. The standard InChI is InChI=1S/C11H12F3N/c1-8(6-7-15)9-2-4-10(5-3-9)11(12,13)14/h2-6H,7,15H2,1H3. The van der Waals surface area contributed by atoms with Crippen molar-refractivity contribution in [1.29, 1.82) is 0 Å². The second-order valence-electron chi connectivity index (χ2n) is 3.20. The Morgan fingerprint density at radius 2 is 1.80 bits per heavy atom. The van der Waals surface area contributed by atoms with Gasteiger partial charge < -0.3 is 5.73 Å². The molecule has 0 fully saturated rings. The Balaban J connectivity index is 2.96. The van der Waals surface area contributed by atoms with Gasteiger partial charge in [0.15, 0.2) is 0 Å². The number of rotatable bonds is 2. The number of benzene rings is 1. The van der Waals surface area contributed by atoms with Gasteiger partial charge in [0.25, 0.3) is 0 Å². The van der Waals surface area contributed by atoms with Crippen LogP contribution in [0, 0.1) is 0 Å². The molecule has 1 aromatic carbocycles. The fourth-order valence-corrected chi connectivity index (χ4v) is 1.22. The first kappa shape index (κ1) is 11.8. The largest absolute Gasteiger partial charge is 0.416 e. The van der Waals surface area contributed by atoms with Crippen LogP contribution in [0.1, 0.15) is 18.1 Å². The van der Waals surface area contributed by atoms with Crippen LogP contribution >= 0.6 is 0 Å². The molecule has 1 rings (SSSR count). The molecule has 0 aliphatic carbocycles. The quantitative estimate of drug-likeness (QED) is 0.806. The molecule has 0 heterocycles. The lowest BCUT2D eigenvalue weighted by atomic mass is 10.1. The van der Waals surface area contributed by atoms with Crippen molar-refractivity contribution in [1.82, 2.24) is 0 Å². The average Bonchev–Trinajstić information content (AvgIpc) is 2.17. The first-order valence-corrected chi connectivity index (χ1v) is 4.49. The van der Waals surface area contributed by atoms with Crippen LogP contribution in [-0.4, -0.2) is 6.54 Å². The molecule has 0 saturated carbocycles. The third-order valence-electron chi connectivity index (χ3n) is 2.09. The minimum atomic E-state index is -4.27. The maximum Gasteiger partial charge on any atom is 0.416 e. The summed E-state index contributed by atoms with van der Waals surface area (Å²) in [5.74, 6) is 0. The van der Waals surface area contributed by atoms with Crippen molar-refractivity contribution in [3.63, 3.8) is 0 Å². The fourth-order valence-electron chi connectivity index (χ4n) is 1.22. The van der Waals surface area contributed by atoms with E-state index in [0.29, 0.717) is 6.54 Å². The molecule has 0 radical (unpaired) electrons. The summed E-state index contributed by atoms with van der Waals surface area (Å²) in [6.45, 7) is 2.20. The molecular formula is C11H12F3N. The Hall–Kier alpha value is -1.29. The molecule has 1 nitrogen and oxygen atoms in total. The van der Waals surface area contributed by atoms with Gasteiger partial charge in [0, 0.05) is 6.54 Å². The van der Waals surface area contributed by atoms with E-state index in [2.05, 4.69) is 0 Å². The van der Waals surface area contributed by atoms with Crippen LogP contribution in [0.3, 0.4) is 0 Å². The van der Waals surface area contributed by atoms with E-state index in [9.17, 15) is 13.2 Å². The predicted molar refractivity (Wildman–Crippen MR) is 54.1 cm³/mol. The van der Waals surface area contributed by atoms with Gasteiger partial charge in [-0.05, 0) is 30.2 Å². The molecule has 2 N–H and O–H groups in total. The van der Waals surface area contributed by atoms with Gasteiger partial charge in [-0.25, -0.2) is 0 Å². The third-order valence-corrected chi connectivity index (χ3v) is 2.09. The van der Waals surface area contributed by atoms with Crippen LogP contribution in [0.15, 0.2) is 30.3 Å². The van der Waals surface area contributed by atoms with E-state index in [1.807, 2.05) is 6.92 Å². The van der Waals surface area contributed by atoms with Crippen LogP contribution in [-0.2, 0) is 6.18 Å². The average molecular weight is 215 g/mol. The lowest BCUT2D eigenvalue weighted by Crippen LogP contribution is -2.04. The molecule has 0 aliphatic heterocycles. The topological polar surface area (TPSA) is 26.0 Å². The van der Waals surface area contributed by atoms with Crippen molar-refractivity contribution in [3.05, 3.63) is 41.5 Å². The maximum atomic E-state index is 12.2. The normalized spacial score (nSPS) is 13.0. The van der Waals surface area contributed by atoms with Crippen LogP contribution < -0.4 is 5.73 Å². The molecule has 82 valence electrons. The number of alkyl halides is 3. The van der Waals surface area contributed by atoms with Crippen molar-refractivity contribution in [2.24, 2.45) is 5.73 Å². The van der Waals surface area contributed by atoms with Crippen LogP contribution in [0.4, 0.5) is 13.2 Å². The van der Waals surface area contributed by atoms with Crippen molar-refractivity contribution in [3.8, 4) is 0 Å². The Morgan fingerprint density at radius 1 is 1.27 bits per heavy atom. The fraction of sp³-hybridized carbons (Fsp3) is 0.273. The van der Waals surface area contributed by atoms with Gasteiger partial charge in [0.05, 0.1) is 5.56 Å². The summed E-state index contributed by atoms with van der Waals surface area (Å²) >= 11 is 0. The molecule has 0 aromatic heterocycles. The molecule has 0 bridgehead atoms. The summed E-state index contributed by atoms with van der Waals surface area (Å²) in [6.07, 6.45) is -2.51. The smallest absolute Gasteiger partial charge is 0.327 e. The lowest BCUT2D eigenvalue weighted by molar-refractivity contribution is -0.137. The molecule has 0 saturated heterocycles. The summed E-state index contributed by atoms with van der Waals surface area (Å²) < 4.78 is 36.7. The van der Waals surface area contributed by atoms with E-state index in [0.717, 1.165) is 23.3 Å². The lowest BCUT2D eigenvalue weighted by Gasteiger charge is -2.07. The molecule has 1 aromatic rings. The second kappa shape index (κ2) is 4.49. The van der Waals surface area contributed by atoms with Gasteiger partial charge in [-0.3, -0.25) is 0 Å². The Labute approximate surface area is 86.4 Å². The van der Waals surface area contributed by atoms with E-state index in [1.165, 1.54) is 12.1 Å². The molecule has 0 amide bonds. The highest BCUT2D eigenvalue weighted by Crippen LogP contribution is 2.29. The second-order valence-corrected chi connectivity index (χ2v) is 3.20. The van der Waals surface area contributed by atoms with Crippen molar-refractivity contribution in [2.75, 3.05) is 6.54 Å². The summed E-state index contributed by atoms with van der Waals surface area (Å²) in [4.78, 5) is 0. The molecular weight excluding hydrogens is 203 g/mol. The molecule has 0 spiro atoms. The summed E-state index contributed by atoms with van der Waals surface area (Å²) in [7, 11) is 0. The Bertz CT molecular complexity index is 349. The zero-order valence-electron chi connectivity index (χ0n) is 8.31. The van der Waals surface area contributed by atoms with Gasteiger partial charge in [-0.2, -0.15) is 13.2 Å². The van der Waals surface area contributed by atoms with Gasteiger partial charge in [0.2, 0.25) is 0 Å². The van der Waals surface area contributed by atoms with Crippen LogP contribution in [0.2, 0.25) is 0 Å². The highest BCUT2D eigenvalue weighted by molar-refractivity contribution is 5.63. The van der Waals surface area contributed by atoms with Gasteiger partial charge in [-0.1, -0.05) is 18.2 Å². The van der Waals surface area contributed by atoms with Crippen LogP contribution in [0.25, 0.3) is 5.57 Å². The highest BCUT2D eigenvalue weighted by Gasteiger charge is 2.29. The number of hydrogen-bond acceptors (Lipinski definition) is 1. The molecule has 15 heavy (non-hydrogen) atoms. The first-order chi connectivity index (χ1) is 6.95. The minimum Gasteiger partial charge on any atom is -0.327 e. The zero-order chi connectivity index (χ0) is 11.5. The van der Waals surface area contributed by atoms with E-state index < -0.39 is 11.7 Å². The highest BCUT2D eigenvalue weighted by atomic mass is 19.4. The summed E-state index contributed by atoms with van der Waals surface area (Å²) in [5.41, 5.74) is 6.32. The first-order valence-electron chi connectivity index (χ1n) is 4.49. The van der Waals surface area contributed by atoms with Crippen molar-refractivity contribution < 1.29 is 13.2 Å². The van der Waals surface area contributed by atoms with E-state index in [-0.39, 0.29) is 0 Å². The number of allylic oxidation sites excluding steroid dienone is 1. The summed E-state index contributed by atoms with van der Waals surface area (Å²) in [5, 5.41) is 0. The van der Waals surface area contributed by atoms with E-state index in [1.54, 1.807) is 6.08 Å². The SMILES string of the molecule is CC(=CCN)c1ccc(C(F)(F)F)cc1. The predicted octanol–water partition coefficient (Wildman–Crippen LogP) is 3.07. The third kappa shape index (κ3) is 3.09. The van der Waals surface area contributed by atoms with Gasteiger partial charge in [-0.15, -0.1) is 0 Å². The maximum absolute atomic E-state index is 12.2. The molecule has 4 heteroatoms. The minimum absolute atomic E-state index is 0.382. The molecule has 0 aliphatic rings.